The summed E-state index contributed by atoms with van der Waals surface area (Å²) in [5.74, 6) is 2.23. The molecule has 0 spiro atoms. The third kappa shape index (κ3) is 2.47. The first-order valence-corrected chi connectivity index (χ1v) is 4.40. The van der Waals surface area contributed by atoms with Gasteiger partial charge in [0, 0.05) is 13.2 Å². The summed E-state index contributed by atoms with van der Waals surface area (Å²) in [5.41, 5.74) is 0.984. The van der Waals surface area contributed by atoms with E-state index in [4.69, 9.17) is 11.5 Å². The van der Waals surface area contributed by atoms with E-state index >= 15 is 0 Å². The van der Waals surface area contributed by atoms with Crippen molar-refractivity contribution in [2.75, 3.05) is 18.5 Å². The van der Waals surface area contributed by atoms with Gasteiger partial charge in [0.25, 0.3) is 0 Å². The molecule has 4 nitrogen and oxygen atoms in total. The van der Waals surface area contributed by atoms with E-state index in [1.165, 1.54) is 6.20 Å². The zero-order valence-electron chi connectivity index (χ0n) is 8.69. The molecule has 1 heterocycles. The highest BCUT2D eigenvalue weighted by Gasteiger charge is 2.09. The molecule has 0 aliphatic heterocycles. The number of rotatable bonds is 3. The molecule has 1 N–H and O–H groups in total. The minimum Gasteiger partial charge on any atom is -0.478 e. The quantitative estimate of drug-likeness (QED) is 0.750. The van der Waals surface area contributed by atoms with Gasteiger partial charge in [0.1, 0.15) is 5.82 Å². The Labute approximate surface area is 88.6 Å². The van der Waals surface area contributed by atoms with Crippen molar-refractivity contribution >= 4 is 11.8 Å². The third-order valence-corrected chi connectivity index (χ3v) is 1.99. The van der Waals surface area contributed by atoms with Crippen LogP contribution in [0.5, 0.6) is 0 Å². The normalized spacial score (nSPS) is 9.40. The number of aromatic nitrogens is 1. The minimum atomic E-state index is -0.975. The molecule has 0 fully saturated rings. The number of hydrogen-bond acceptors (Lipinski definition) is 3. The molecule has 0 amide bonds. The largest absolute Gasteiger partial charge is 0.478 e. The van der Waals surface area contributed by atoms with Crippen LogP contribution in [0.15, 0.2) is 12.3 Å². The molecule has 0 aliphatic rings. The van der Waals surface area contributed by atoms with Gasteiger partial charge in [-0.05, 0) is 18.6 Å². The molecule has 4 heteroatoms. The van der Waals surface area contributed by atoms with E-state index in [2.05, 4.69) is 10.9 Å². The van der Waals surface area contributed by atoms with Crippen LogP contribution in [0.1, 0.15) is 15.9 Å². The van der Waals surface area contributed by atoms with Gasteiger partial charge >= 0.3 is 5.97 Å². The second-order valence-electron chi connectivity index (χ2n) is 3.23. The van der Waals surface area contributed by atoms with Crippen LogP contribution in [0.25, 0.3) is 0 Å². The smallest absolute Gasteiger partial charge is 0.337 e. The molecule has 1 aromatic heterocycles. The lowest BCUT2D eigenvalue weighted by Crippen LogP contribution is -2.19. The van der Waals surface area contributed by atoms with Crippen molar-refractivity contribution in [3.63, 3.8) is 0 Å². The summed E-state index contributed by atoms with van der Waals surface area (Å²) >= 11 is 0. The lowest BCUT2D eigenvalue weighted by Gasteiger charge is -2.17. The van der Waals surface area contributed by atoms with Crippen LogP contribution >= 0.6 is 0 Å². The van der Waals surface area contributed by atoms with Gasteiger partial charge in [0.05, 0.1) is 12.1 Å². The van der Waals surface area contributed by atoms with Gasteiger partial charge in [-0.1, -0.05) is 5.92 Å². The summed E-state index contributed by atoms with van der Waals surface area (Å²) < 4.78 is 0. The molecule has 0 atom stereocenters. The summed E-state index contributed by atoms with van der Waals surface area (Å²) in [6.45, 7) is 2.25. The SMILES string of the molecule is C#CCN(C)c1ncc(C(=O)O)cc1C. The predicted octanol–water partition coefficient (Wildman–Crippen LogP) is 1.16. The fraction of sp³-hybridized carbons (Fsp3) is 0.273. The molecule has 15 heavy (non-hydrogen) atoms. The average molecular weight is 204 g/mol. The molecule has 78 valence electrons. The second-order valence-corrected chi connectivity index (χ2v) is 3.23. The van der Waals surface area contributed by atoms with Crippen LogP contribution < -0.4 is 4.90 Å². The number of nitrogens with zero attached hydrogens (tertiary/aromatic N) is 2. The first-order chi connectivity index (χ1) is 7.06. The van der Waals surface area contributed by atoms with Gasteiger partial charge in [-0.15, -0.1) is 6.42 Å². The van der Waals surface area contributed by atoms with Gasteiger partial charge in [0.2, 0.25) is 0 Å². The van der Waals surface area contributed by atoms with E-state index < -0.39 is 5.97 Å². The molecular formula is C11H12N2O2. The van der Waals surface area contributed by atoms with E-state index in [9.17, 15) is 4.79 Å². The standard InChI is InChI=1S/C11H12N2O2/c1-4-5-13(3)10-8(2)6-9(7-12-10)11(14)15/h1,6-7H,5H2,2-3H3,(H,14,15). The number of hydrogen-bond donors (Lipinski definition) is 1. The van der Waals surface area contributed by atoms with Gasteiger partial charge < -0.3 is 10.0 Å². The van der Waals surface area contributed by atoms with Gasteiger partial charge in [0.15, 0.2) is 0 Å². The van der Waals surface area contributed by atoms with Crippen molar-refractivity contribution in [3.05, 3.63) is 23.4 Å². The molecule has 0 aliphatic carbocycles. The summed E-state index contributed by atoms with van der Waals surface area (Å²) in [4.78, 5) is 16.5. The lowest BCUT2D eigenvalue weighted by atomic mass is 10.2. The van der Waals surface area contributed by atoms with Crippen molar-refractivity contribution in [2.24, 2.45) is 0 Å². The van der Waals surface area contributed by atoms with Gasteiger partial charge in [-0.2, -0.15) is 0 Å². The topological polar surface area (TPSA) is 53.4 Å². The first kappa shape index (κ1) is 11.1. The van der Waals surface area contributed by atoms with Gasteiger partial charge in [-0.25, -0.2) is 9.78 Å². The van der Waals surface area contributed by atoms with Crippen LogP contribution in [0, 0.1) is 19.3 Å². The molecule has 0 saturated carbocycles. The third-order valence-electron chi connectivity index (χ3n) is 1.99. The minimum absolute atomic E-state index is 0.186. The van der Waals surface area contributed by atoms with Crippen molar-refractivity contribution in [2.45, 2.75) is 6.92 Å². The molecule has 0 radical (unpaired) electrons. The van der Waals surface area contributed by atoms with Crippen LogP contribution in [0.3, 0.4) is 0 Å². The highest BCUT2D eigenvalue weighted by Crippen LogP contribution is 2.16. The Balaban J connectivity index is 3.03. The summed E-state index contributed by atoms with van der Waals surface area (Å²) in [6, 6.07) is 1.58. The van der Waals surface area contributed by atoms with E-state index in [1.54, 1.807) is 11.0 Å². The van der Waals surface area contributed by atoms with E-state index in [0.717, 1.165) is 5.56 Å². The Morgan fingerprint density at radius 1 is 1.73 bits per heavy atom. The number of aromatic carboxylic acids is 1. The van der Waals surface area contributed by atoms with Crippen LogP contribution in [0.4, 0.5) is 5.82 Å². The highest BCUT2D eigenvalue weighted by atomic mass is 16.4. The molecule has 1 aromatic rings. The maximum absolute atomic E-state index is 10.7. The first-order valence-electron chi connectivity index (χ1n) is 4.40. The zero-order chi connectivity index (χ0) is 11.4. The number of aryl methyl sites for hydroxylation is 1. The maximum Gasteiger partial charge on any atom is 0.337 e. The van der Waals surface area contributed by atoms with E-state index in [0.29, 0.717) is 12.4 Å². The number of carboxylic acid groups (broad SMARTS) is 1. The Morgan fingerprint density at radius 3 is 2.87 bits per heavy atom. The van der Waals surface area contributed by atoms with E-state index in [-0.39, 0.29) is 5.56 Å². The molecule has 1 rings (SSSR count). The Bertz CT molecular complexity index is 421. The monoisotopic (exact) mass is 204 g/mol. The Hall–Kier alpha value is -2.02. The molecule has 0 saturated heterocycles. The number of terminal acetylenes is 1. The molecule has 0 bridgehead atoms. The highest BCUT2D eigenvalue weighted by molar-refractivity contribution is 5.87. The number of anilines is 1. The Kier molecular flexibility index (Phi) is 3.29. The lowest BCUT2D eigenvalue weighted by molar-refractivity contribution is 0.0696. The number of carbonyl (C=O) groups is 1. The van der Waals surface area contributed by atoms with Crippen LogP contribution in [0.2, 0.25) is 0 Å². The van der Waals surface area contributed by atoms with Crippen molar-refractivity contribution < 1.29 is 9.90 Å². The molecule has 0 unspecified atom stereocenters. The summed E-state index contributed by atoms with van der Waals surface area (Å²) in [7, 11) is 1.82. The maximum atomic E-state index is 10.7. The predicted molar refractivity (Wildman–Crippen MR) is 58.0 cm³/mol. The summed E-state index contributed by atoms with van der Waals surface area (Å²) in [5, 5.41) is 8.76. The van der Waals surface area contributed by atoms with Crippen molar-refractivity contribution in [3.8, 4) is 12.3 Å². The average Bonchev–Trinajstić information content (AvgIpc) is 2.17. The van der Waals surface area contributed by atoms with Crippen molar-refractivity contribution in [1.29, 1.82) is 0 Å². The van der Waals surface area contributed by atoms with Crippen LogP contribution in [-0.2, 0) is 0 Å². The van der Waals surface area contributed by atoms with Crippen molar-refractivity contribution in [1.82, 2.24) is 4.98 Å². The van der Waals surface area contributed by atoms with Gasteiger partial charge in [-0.3, -0.25) is 0 Å². The fourth-order valence-electron chi connectivity index (χ4n) is 1.30. The number of carboxylic acids is 1. The fourth-order valence-corrected chi connectivity index (χ4v) is 1.30. The summed E-state index contributed by atoms with van der Waals surface area (Å²) in [6.07, 6.45) is 6.51. The number of pyridine rings is 1. The van der Waals surface area contributed by atoms with E-state index in [1.807, 2.05) is 14.0 Å². The zero-order valence-corrected chi connectivity index (χ0v) is 8.69. The second kappa shape index (κ2) is 4.47. The van der Waals surface area contributed by atoms with Crippen LogP contribution in [-0.4, -0.2) is 29.7 Å². The Morgan fingerprint density at radius 2 is 2.40 bits per heavy atom. The molecular weight excluding hydrogens is 192 g/mol. The molecule has 0 aromatic carbocycles.